The van der Waals surface area contributed by atoms with Gasteiger partial charge in [0.05, 0.1) is 19.7 Å². The molecule has 0 saturated carbocycles. The Hall–Kier alpha value is -1.98. The highest BCUT2D eigenvalue weighted by atomic mass is 32.2. The van der Waals surface area contributed by atoms with E-state index < -0.39 is 36.3 Å². The van der Waals surface area contributed by atoms with Crippen molar-refractivity contribution in [2.45, 2.75) is 48.9 Å². The van der Waals surface area contributed by atoms with Gasteiger partial charge in [-0.1, -0.05) is 23.9 Å². The van der Waals surface area contributed by atoms with E-state index in [4.69, 9.17) is 9.47 Å². The van der Waals surface area contributed by atoms with Gasteiger partial charge < -0.3 is 19.7 Å². The third-order valence-electron chi connectivity index (χ3n) is 5.13. The molecule has 1 aromatic rings. The van der Waals surface area contributed by atoms with Crippen LogP contribution in [-0.2, 0) is 11.2 Å². The van der Waals surface area contributed by atoms with Gasteiger partial charge in [-0.15, -0.1) is 0 Å². The van der Waals surface area contributed by atoms with Gasteiger partial charge >= 0.3 is 12.3 Å². The van der Waals surface area contributed by atoms with E-state index >= 15 is 0 Å². The molecule has 1 saturated heterocycles. The number of carbonyl (C=O) groups is 1. The summed E-state index contributed by atoms with van der Waals surface area (Å²) in [5, 5.41) is 20.0. The molecule has 3 unspecified atom stereocenters. The quantitative estimate of drug-likeness (QED) is 0.692. The van der Waals surface area contributed by atoms with Crippen molar-refractivity contribution in [3.63, 3.8) is 0 Å². The number of aliphatic hydroxyl groups is 1. The van der Waals surface area contributed by atoms with Crippen molar-refractivity contribution < 1.29 is 37.7 Å². The average Bonchev–Trinajstić information content (AvgIpc) is 3.13. The lowest BCUT2D eigenvalue weighted by Crippen LogP contribution is -2.55. The van der Waals surface area contributed by atoms with Gasteiger partial charge in [0.2, 0.25) is 0 Å². The molecular weight excluding hydrogens is 425 g/mol. The summed E-state index contributed by atoms with van der Waals surface area (Å²) in [4.78, 5) is 16.5. The molecule has 7 nitrogen and oxygen atoms in total. The Balaban J connectivity index is 1.76. The molecule has 0 spiro atoms. The van der Waals surface area contributed by atoms with Gasteiger partial charge in [-0.3, -0.25) is 9.89 Å². The number of halogens is 3. The Morgan fingerprint density at radius 2 is 2.07 bits per heavy atom. The van der Waals surface area contributed by atoms with Gasteiger partial charge in [0, 0.05) is 6.61 Å². The fourth-order valence-electron chi connectivity index (χ4n) is 3.32. The molecule has 2 heterocycles. The van der Waals surface area contributed by atoms with Gasteiger partial charge in [-0.2, -0.15) is 13.2 Å². The van der Waals surface area contributed by atoms with Crippen molar-refractivity contribution in [1.82, 2.24) is 4.90 Å². The molecule has 0 aromatic heterocycles. The summed E-state index contributed by atoms with van der Waals surface area (Å²) in [5.74, 6) is 0.557. The minimum Gasteiger partial charge on any atom is -0.497 e. The van der Waals surface area contributed by atoms with Crippen molar-refractivity contribution in [2.75, 3.05) is 20.3 Å². The number of rotatable bonds is 6. The first-order chi connectivity index (χ1) is 14.1. The molecule has 3 atom stereocenters. The van der Waals surface area contributed by atoms with Crippen molar-refractivity contribution in [1.29, 1.82) is 0 Å². The standard InChI is InChI=1S/C19H23F3N2O5S/c1-28-13-6-4-12(5-7-13)8-9-18(27,19(20,21)22)11-24(17(25)26)16-23-14-3-2-10-29-15(14)30-16/h4-7,14-15,27H,2-3,8-11H2,1H3,(H,25,26). The van der Waals surface area contributed by atoms with Crippen LogP contribution in [0, 0.1) is 0 Å². The predicted octanol–water partition coefficient (Wildman–Crippen LogP) is 3.51. The SMILES string of the molecule is COc1ccc(CCC(O)(CN(C(=O)O)C2=NC3CCCOC3S2)C(F)(F)F)cc1. The second-order valence-corrected chi connectivity index (χ2v) is 8.29. The van der Waals surface area contributed by atoms with E-state index in [2.05, 4.69) is 4.99 Å². The number of aryl methyl sites for hydroxylation is 1. The topological polar surface area (TPSA) is 91.6 Å². The number of alkyl halides is 3. The minimum atomic E-state index is -5.03. The van der Waals surface area contributed by atoms with Crippen LogP contribution in [0.25, 0.3) is 0 Å². The Morgan fingerprint density at radius 1 is 1.37 bits per heavy atom. The van der Waals surface area contributed by atoms with E-state index in [0.29, 0.717) is 29.2 Å². The van der Waals surface area contributed by atoms with Crippen molar-refractivity contribution >= 4 is 23.0 Å². The summed E-state index contributed by atoms with van der Waals surface area (Å²) < 4.78 is 51.8. The number of benzene rings is 1. The van der Waals surface area contributed by atoms with E-state index in [1.807, 2.05) is 0 Å². The van der Waals surface area contributed by atoms with Crippen LogP contribution in [0.2, 0.25) is 0 Å². The van der Waals surface area contributed by atoms with E-state index in [-0.39, 0.29) is 17.6 Å². The zero-order valence-electron chi connectivity index (χ0n) is 16.3. The summed E-state index contributed by atoms with van der Waals surface area (Å²) in [5.41, 5.74) is -3.08. The van der Waals surface area contributed by atoms with Crippen molar-refractivity contribution in [3.8, 4) is 5.75 Å². The summed E-state index contributed by atoms with van der Waals surface area (Å²) in [6.07, 6.45) is -6.00. The molecule has 3 rings (SSSR count). The molecular formula is C19H23F3N2O5S. The fourth-order valence-corrected chi connectivity index (χ4v) is 4.51. The highest BCUT2D eigenvalue weighted by Gasteiger charge is 2.55. The number of thioether (sulfide) groups is 1. The summed E-state index contributed by atoms with van der Waals surface area (Å²) >= 11 is 0.981. The van der Waals surface area contributed by atoms with Crippen LogP contribution in [0.3, 0.4) is 0 Å². The maximum Gasteiger partial charge on any atom is 0.418 e. The normalized spacial score (nSPS) is 23.3. The lowest BCUT2D eigenvalue weighted by molar-refractivity contribution is -0.263. The molecule has 0 radical (unpaired) electrons. The van der Waals surface area contributed by atoms with Crippen molar-refractivity contribution in [2.24, 2.45) is 4.99 Å². The van der Waals surface area contributed by atoms with Crippen LogP contribution in [0.15, 0.2) is 29.3 Å². The van der Waals surface area contributed by atoms with E-state index in [1.54, 1.807) is 24.3 Å². The number of amidine groups is 1. The van der Waals surface area contributed by atoms with Crippen LogP contribution in [0.5, 0.6) is 5.75 Å². The minimum absolute atomic E-state index is 0.0773. The zero-order valence-corrected chi connectivity index (χ0v) is 17.1. The van der Waals surface area contributed by atoms with Crippen LogP contribution in [-0.4, -0.2) is 69.9 Å². The van der Waals surface area contributed by atoms with Crippen LogP contribution in [0.4, 0.5) is 18.0 Å². The number of carboxylic acid groups (broad SMARTS) is 1. The van der Waals surface area contributed by atoms with Gasteiger partial charge in [0.1, 0.15) is 11.2 Å². The average molecular weight is 448 g/mol. The summed E-state index contributed by atoms with van der Waals surface area (Å²) in [7, 11) is 1.48. The number of aliphatic imine (C=N–C) groups is 1. The number of ether oxygens (including phenoxy) is 2. The zero-order chi connectivity index (χ0) is 21.9. The molecule has 2 aliphatic rings. The largest absolute Gasteiger partial charge is 0.497 e. The van der Waals surface area contributed by atoms with Gasteiger partial charge in [-0.05, 0) is 43.4 Å². The highest BCUT2D eigenvalue weighted by Crippen LogP contribution is 2.39. The van der Waals surface area contributed by atoms with Crippen LogP contribution >= 0.6 is 11.8 Å². The van der Waals surface area contributed by atoms with Gasteiger partial charge in [-0.25, -0.2) is 4.79 Å². The van der Waals surface area contributed by atoms with E-state index in [0.717, 1.165) is 18.2 Å². The Labute approximate surface area is 175 Å². The first-order valence-corrected chi connectivity index (χ1v) is 10.3. The lowest BCUT2D eigenvalue weighted by atomic mass is 9.93. The van der Waals surface area contributed by atoms with Gasteiger partial charge in [0.25, 0.3) is 0 Å². The molecule has 2 aliphatic heterocycles. The number of nitrogens with zero attached hydrogens (tertiary/aromatic N) is 2. The fraction of sp³-hybridized carbons (Fsp3) is 0.579. The van der Waals surface area contributed by atoms with Crippen molar-refractivity contribution in [3.05, 3.63) is 29.8 Å². The maximum atomic E-state index is 13.8. The third kappa shape index (κ3) is 5.01. The molecule has 1 amide bonds. The highest BCUT2D eigenvalue weighted by molar-refractivity contribution is 8.14. The number of fused-ring (bicyclic) bond motifs is 1. The number of amides is 1. The second-order valence-electron chi connectivity index (χ2n) is 7.22. The third-order valence-corrected chi connectivity index (χ3v) is 6.35. The summed E-state index contributed by atoms with van der Waals surface area (Å²) in [6, 6.07) is 6.13. The Kier molecular flexibility index (Phi) is 6.83. The molecule has 1 aromatic carbocycles. The summed E-state index contributed by atoms with van der Waals surface area (Å²) in [6.45, 7) is -0.661. The molecule has 166 valence electrons. The molecule has 1 fully saturated rings. The second kappa shape index (κ2) is 9.03. The van der Waals surface area contributed by atoms with Gasteiger partial charge in [0.15, 0.2) is 10.8 Å². The predicted molar refractivity (Wildman–Crippen MR) is 105 cm³/mol. The first kappa shape index (κ1) is 22.7. The first-order valence-electron chi connectivity index (χ1n) is 9.41. The number of hydrogen-bond donors (Lipinski definition) is 2. The number of methoxy groups -OCH3 is 1. The smallest absolute Gasteiger partial charge is 0.418 e. The van der Waals surface area contributed by atoms with Crippen LogP contribution < -0.4 is 4.74 Å². The number of hydrogen-bond acceptors (Lipinski definition) is 6. The lowest BCUT2D eigenvalue weighted by Gasteiger charge is -2.34. The molecule has 0 aliphatic carbocycles. The van der Waals surface area contributed by atoms with E-state index in [1.165, 1.54) is 7.11 Å². The maximum absolute atomic E-state index is 13.8. The monoisotopic (exact) mass is 448 g/mol. The molecule has 11 heteroatoms. The molecule has 30 heavy (non-hydrogen) atoms. The Bertz CT molecular complexity index is 789. The molecule has 0 bridgehead atoms. The Morgan fingerprint density at radius 3 is 2.63 bits per heavy atom. The van der Waals surface area contributed by atoms with Crippen LogP contribution in [0.1, 0.15) is 24.8 Å². The molecule has 2 N–H and O–H groups in total. The van der Waals surface area contributed by atoms with E-state index in [9.17, 15) is 28.2 Å².